The maximum Gasteiger partial charge on any atom is 0.242 e. The second kappa shape index (κ2) is 9.54. The van der Waals surface area contributed by atoms with E-state index in [1.165, 1.54) is 24.9 Å². The minimum Gasteiger partial charge on any atom is -0.346 e. The zero-order valence-corrected chi connectivity index (χ0v) is 15.0. The van der Waals surface area contributed by atoms with Crippen molar-refractivity contribution in [2.45, 2.75) is 32.9 Å². The molecule has 3 N–H and O–H groups in total. The molecule has 24 heavy (non-hydrogen) atoms. The summed E-state index contributed by atoms with van der Waals surface area (Å²) in [5, 5.41) is 2.44. The van der Waals surface area contributed by atoms with E-state index in [1.807, 2.05) is 0 Å². The van der Waals surface area contributed by atoms with Crippen molar-refractivity contribution in [3.05, 3.63) is 35.4 Å². The number of halogens is 3. The molecule has 8 heteroatoms. The van der Waals surface area contributed by atoms with Gasteiger partial charge in [0, 0.05) is 12.6 Å². The van der Waals surface area contributed by atoms with Crippen LogP contribution in [0.15, 0.2) is 18.2 Å². The first-order valence-corrected chi connectivity index (χ1v) is 7.39. The van der Waals surface area contributed by atoms with Gasteiger partial charge in [-0.2, -0.15) is 0 Å². The molecule has 136 valence electrons. The molecule has 1 unspecified atom stereocenters. The molecule has 1 rings (SSSR count). The highest BCUT2D eigenvalue weighted by Crippen LogP contribution is 2.24. The molecule has 2 amide bonds. The predicted octanol–water partition coefficient (Wildman–Crippen LogP) is 2.01. The van der Waals surface area contributed by atoms with Gasteiger partial charge in [0.1, 0.15) is 11.6 Å². The lowest BCUT2D eigenvalue weighted by Crippen LogP contribution is -2.47. The Morgan fingerprint density at radius 1 is 1.21 bits per heavy atom. The Morgan fingerprint density at radius 3 is 2.17 bits per heavy atom. The Labute approximate surface area is 147 Å². The molecule has 0 saturated carbocycles. The standard InChI is InChI=1S/C16H23F2N3O2.ClH/c1-9(2)15(19)16(23)20-8-13(22)21(4)10(3)14-11(17)6-5-7-12(14)18;/h5-7,9-10,15H,8,19H2,1-4H3,(H,20,23);1H/t10?,15-;/m0./s1. The van der Waals surface area contributed by atoms with Gasteiger partial charge in [-0.3, -0.25) is 9.59 Å². The van der Waals surface area contributed by atoms with E-state index in [4.69, 9.17) is 5.73 Å². The van der Waals surface area contributed by atoms with E-state index in [0.29, 0.717) is 0 Å². The van der Waals surface area contributed by atoms with Gasteiger partial charge >= 0.3 is 0 Å². The summed E-state index contributed by atoms with van der Waals surface area (Å²) < 4.78 is 27.5. The third kappa shape index (κ3) is 5.42. The van der Waals surface area contributed by atoms with Crippen LogP contribution in [0.4, 0.5) is 8.78 Å². The van der Waals surface area contributed by atoms with Crippen molar-refractivity contribution in [3.63, 3.8) is 0 Å². The second-order valence-electron chi connectivity index (χ2n) is 5.80. The third-order valence-electron chi connectivity index (χ3n) is 3.83. The average molecular weight is 364 g/mol. The molecule has 0 aromatic heterocycles. The van der Waals surface area contributed by atoms with Crippen LogP contribution in [0.3, 0.4) is 0 Å². The summed E-state index contributed by atoms with van der Waals surface area (Å²) in [5.74, 6) is -2.41. The number of nitrogens with zero attached hydrogens (tertiary/aromatic N) is 1. The first kappa shape index (κ1) is 22.3. The highest BCUT2D eigenvalue weighted by atomic mass is 35.5. The van der Waals surface area contributed by atoms with E-state index < -0.39 is 35.5 Å². The van der Waals surface area contributed by atoms with Crippen molar-refractivity contribution in [2.24, 2.45) is 11.7 Å². The fourth-order valence-electron chi connectivity index (χ4n) is 2.03. The Kier molecular flexibility index (Phi) is 8.85. The Bertz CT molecular complexity index is 564. The van der Waals surface area contributed by atoms with E-state index >= 15 is 0 Å². The fraction of sp³-hybridized carbons (Fsp3) is 0.500. The van der Waals surface area contributed by atoms with Crippen molar-refractivity contribution in [3.8, 4) is 0 Å². The highest BCUT2D eigenvalue weighted by molar-refractivity contribution is 5.87. The molecule has 0 aliphatic rings. The number of hydrogen-bond acceptors (Lipinski definition) is 3. The monoisotopic (exact) mass is 363 g/mol. The topological polar surface area (TPSA) is 75.4 Å². The molecule has 1 aromatic carbocycles. The molecule has 0 aliphatic carbocycles. The van der Waals surface area contributed by atoms with E-state index in [-0.39, 0.29) is 30.4 Å². The minimum absolute atomic E-state index is 0. The van der Waals surface area contributed by atoms with Gasteiger partial charge < -0.3 is 16.0 Å². The number of amides is 2. The molecule has 1 aromatic rings. The normalized spacial score (nSPS) is 13.0. The van der Waals surface area contributed by atoms with Crippen LogP contribution >= 0.6 is 12.4 Å². The van der Waals surface area contributed by atoms with E-state index in [2.05, 4.69) is 5.32 Å². The summed E-state index contributed by atoms with van der Waals surface area (Å²) in [6.45, 7) is 4.82. The van der Waals surface area contributed by atoms with Crippen LogP contribution in [0.1, 0.15) is 32.4 Å². The van der Waals surface area contributed by atoms with E-state index in [9.17, 15) is 18.4 Å². The van der Waals surface area contributed by atoms with Crippen LogP contribution in [0.25, 0.3) is 0 Å². The van der Waals surface area contributed by atoms with Gasteiger partial charge in [0.25, 0.3) is 0 Å². The number of nitrogens with one attached hydrogen (secondary N) is 1. The molecule has 0 spiro atoms. The van der Waals surface area contributed by atoms with Crippen LogP contribution in [-0.4, -0.2) is 36.3 Å². The number of hydrogen-bond donors (Lipinski definition) is 2. The molecule has 0 heterocycles. The molecule has 2 atom stereocenters. The van der Waals surface area contributed by atoms with Gasteiger partial charge in [-0.1, -0.05) is 19.9 Å². The molecule has 0 saturated heterocycles. The number of rotatable bonds is 6. The zero-order chi connectivity index (χ0) is 17.7. The summed E-state index contributed by atoms with van der Waals surface area (Å²) in [6.07, 6.45) is 0. The molecule has 0 aliphatic heterocycles. The number of nitrogens with two attached hydrogens (primary N) is 1. The summed E-state index contributed by atoms with van der Waals surface area (Å²) in [7, 11) is 1.42. The van der Waals surface area contributed by atoms with Gasteiger partial charge in [-0.25, -0.2) is 8.78 Å². The van der Waals surface area contributed by atoms with Gasteiger partial charge in [0.05, 0.1) is 18.6 Å². The maximum atomic E-state index is 13.8. The van der Waals surface area contributed by atoms with Crippen LogP contribution in [0, 0.1) is 17.6 Å². The summed E-state index contributed by atoms with van der Waals surface area (Å²) in [6, 6.07) is 2.01. The van der Waals surface area contributed by atoms with Crippen molar-refractivity contribution in [2.75, 3.05) is 13.6 Å². The molecule has 0 radical (unpaired) electrons. The molecule has 5 nitrogen and oxygen atoms in total. The molecule has 0 fully saturated rings. The van der Waals surface area contributed by atoms with Crippen molar-refractivity contribution < 1.29 is 18.4 Å². The van der Waals surface area contributed by atoms with E-state index in [0.717, 1.165) is 12.1 Å². The minimum atomic E-state index is -0.806. The largest absolute Gasteiger partial charge is 0.346 e. The van der Waals surface area contributed by atoms with Gasteiger partial charge in [0.2, 0.25) is 11.8 Å². The Morgan fingerprint density at radius 2 is 1.71 bits per heavy atom. The average Bonchev–Trinajstić information content (AvgIpc) is 2.50. The summed E-state index contributed by atoms with van der Waals surface area (Å²) >= 11 is 0. The van der Waals surface area contributed by atoms with Gasteiger partial charge in [-0.15, -0.1) is 12.4 Å². The molecule has 0 bridgehead atoms. The van der Waals surface area contributed by atoms with Gasteiger partial charge in [-0.05, 0) is 25.0 Å². The van der Waals surface area contributed by atoms with Crippen molar-refractivity contribution in [1.29, 1.82) is 0 Å². The maximum absolute atomic E-state index is 13.8. The molecular weight excluding hydrogens is 340 g/mol. The van der Waals surface area contributed by atoms with Crippen LogP contribution in [0.5, 0.6) is 0 Å². The van der Waals surface area contributed by atoms with Crippen molar-refractivity contribution in [1.82, 2.24) is 10.2 Å². The van der Waals surface area contributed by atoms with Crippen LogP contribution in [0.2, 0.25) is 0 Å². The quantitative estimate of drug-likeness (QED) is 0.811. The summed E-state index contributed by atoms with van der Waals surface area (Å²) in [4.78, 5) is 25.0. The SMILES string of the molecule is CC(C)[C@H](N)C(=O)NCC(=O)N(C)C(C)c1c(F)cccc1F.Cl. The van der Waals surface area contributed by atoms with Gasteiger partial charge in [0.15, 0.2) is 0 Å². The lowest BCUT2D eigenvalue weighted by Gasteiger charge is -2.26. The van der Waals surface area contributed by atoms with E-state index in [1.54, 1.807) is 13.8 Å². The molecular formula is C16H24ClF2N3O2. The fourth-order valence-corrected chi connectivity index (χ4v) is 2.03. The first-order chi connectivity index (χ1) is 10.7. The smallest absolute Gasteiger partial charge is 0.242 e. The third-order valence-corrected chi connectivity index (χ3v) is 3.83. The lowest BCUT2D eigenvalue weighted by atomic mass is 10.0. The van der Waals surface area contributed by atoms with Crippen LogP contribution in [-0.2, 0) is 9.59 Å². The summed E-state index contributed by atoms with van der Waals surface area (Å²) in [5.41, 5.74) is 5.49. The lowest BCUT2D eigenvalue weighted by molar-refractivity contribution is -0.133. The second-order valence-corrected chi connectivity index (χ2v) is 5.80. The zero-order valence-electron chi connectivity index (χ0n) is 14.2. The highest BCUT2D eigenvalue weighted by Gasteiger charge is 2.24. The number of likely N-dealkylation sites (N-methyl/N-ethyl adjacent to an activating group) is 1. The first-order valence-electron chi connectivity index (χ1n) is 7.39. The van der Waals surface area contributed by atoms with Crippen molar-refractivity contribution >= 4 is 24.2 Å². The number of carbonyl (C=O) groups is 2. The Balaban J connectivity index is 0.00000529. The number of benzene rings is 1. The van der Waals surface area contributed by atoms with Crippen LogP contribution < -0.4 is 11.1 Å². The Hall–Kier alpha value is -1.73. The predicted molar refractivity (Wildman–Crippen MR) is 90.6 cm³/mol. The number of carbonyl (C=O) groups excluding carboxylic acids is 2.